The highest BCUT2D eigenvalue weighted by molar-refractivity contribution is 7.47. The van der Waals surface area contributed by atoms with Crippen molar-refractivity contribution >= 4 is 39.5 Å². The first-order valence-electron chi connectivity index (χ1n) is 39.9. The Morgan fingerprint density at radius 1 is 0.302 bits per heavy atom. The normalized spacial score (nSPS) is 14.3. The number of esters is 4. The molecule has 96 heavy (non-hydrogen) atoms. The van der Waals surface area contributed by atoms with Gasteiger partial charge in [0.2, 0.25) is 0 Å². The van der Waals surface area contributed by atoms with E-state index in [0.717, 1.165) is 114 Å². The maximum atomic E-state index is 13.1. The van der Waals surface area contributed by atoms with Gasteiger partial charge >= 0.3 is 39.5 Å². The third-order valence-electron chi connectivity index (χ3n) is 18.2. The molecule has 0 aromatic carbocycles. The average Bonchev–Trinajstić information content (AvgIpc) is 3.29. The van der Waals surface area contributed by atoms with E-state index in [1.54, 1.807) is 0 Å². The molecule has 0 amide bonds. The van der Waals surface area contributed by atoms with Crippen LogP contribution in [0.5, 0.6) is 0 Å². The lowest BCUT2D eigenvalue weighted by atomic mass is 9.99. The Kier molecular flexibility index (Phi) is 66.2. The maximum Gasteiger partial charge on any atom is 0.472 e. The summed E-state index contributed by atoms with van der Waals surface area (Å²) in [6, 6.07) is 0. The van der Waals surface area contributed by atoms with Crippen LogP contribution < -0.4 is 0 Å². The second-order valence-electron chi connectivity index (χ2n) is 28.9. The Morgan fingerprint density at radius 2 is 0.531 bits per heavy atom. The van der Waals surface area contributed by atoms with Gasteiger partial charge in [0, 0.05) is 25.7 Å². The van der Waals surface area contributed by atoms with Crippen molar-refractivity contribution in [1.82, 2.24) is 0 Å². The van der Waals surface area contributed by atoms with Crippen LogP contribution in [0.2, 0.25) is 0 Å². The molecule has 19 heteroatoms. The molecule has 0 fully saturated rings. The van der Waals surface area contributed by atoms with Gasteiger partial charge in [0.15, 0.2) is 12.2 Å². The van der Waals surface area contributed by atoms with Crippen molar-refractivity contribution in [2.45, 2.75) is 414 Å². The number of hydrogen-bond donors (Lipinski definition) is 3. The zero-order valence-electron chi connectivity index (χ0n) is 62.8. The molecule has 3 unspecified atom stereocenters. The number of aliphatic hydroxyl groups is 1. The molecule has 0 heterocycles. The fourth-order valence-electron chi connectivity index (χ4n) is 11.7. The van der Waals surface area contributed by atoms with Crippen molar-refractivity contribution in [3.05, 3.63) is 0 Å². The minimum absolute atomic E-state index is 0.106. The predicted molar refractivity (Wildman–Crippen MR) is 391 cm³/mol. The molecule has 0 saturated heterocycles. The predicted octanol–water partition coefficient (Wildman–Crippen LogP) is 22.6. The SMILES string of the molecule is CCCCCCCCCCC(=O)OC[C@H](COP(=O)(O)OC[C@H](O)COP(=O)(O)OC[C@@H](COC(=O)CCCCCCCCCCCCC(C)C)OC(=O)CCCCCCCCCCCCCCCCCCCCC(C)CC)OC(=O)CCCCCCCCCCCCC(C)C. The summed E-state index contributed by atoms with van der Waals surface area (Å²) >= 11 is 0. The van der Waals surface area contributed by atoms with Crippen LogP contribution in [0.3, 0.4) is 0 Å². The second kappa shape index (κ2) is 67.5. The van der Waals surface area contributed by atoms with Gasteiger partial charge in [0.1, 0.15) is 19.3 Å². The van der Waals surface area contributed by atoms with Crippen LogP contribution in [0.4, 0.5) is 0 Å². The van der Waals surface area contributed by atoms with Gasteiger partial charge in [0.25, 0.3) is 0 Å². The van der Waals surface area contributed by atoms with Crippen LogP contribution >= 0.6 is 15.6 Å². The third-order valence-corrected chi connectivity index (χ3v) is 20.1. The zero-order valence-corrected chi connectivity index (χ0v) is 64.6. The van der Waals surface area contributed by atoms with E-state index < -0.39 is 97.5 Å². The molecule has 0 aromatic heterocycles. The molecule has 570 valence electrons. The van der Waals surface area contributed by atoms with Gasteiger partial charge in [-0.15, -0.1) is 0 Å². The van der Waals surface area contributed by atoms with Crippen LogP contribution in [-0.4, -0.2) is 96.7 Å². The fourth-order valence-corrected chi connectivity index (χ4v) is 13.3. The molecule has 3 N–H and O–H groups in total. The van der Waals surface area contributed by atoms with Crippen molar-refractivity contribution in [1.29, 1.82) is 0 Å². The summed E-state index contributed by atoms with van der Waals surface area (Å²) in [6.45, 7) is 11.9. The smallest absolute Gasteiger partial charge is 0.462 e. The Labute approximate surface area is 588 Å². The highest BCUT2D eigenvalue weighted by Crippen LogP contribution is 2.45. The standard InChI is InChI=1S/C77H150O17P2/c1-8-10-11-12-13-37-44-51-58-74(79)87-64-72(93-77(82)61-54-47-40-33-27-25-29-35-42-49-56-69(5)6)66-91-95(83,84)89-62-71(78)63-90-96(85,86)92-67-73(65-88-75(80)59-52-45-38-31-26-24-28-34-41-48-55-68(3)4)94-76(81)60-53-46-39-32-23-21-19-17-15-14-16-18-20-22-30-36-43-50-57-70(7)9-2/h68-73,78H,8-67H2,1-7H3,(H,83,84)(H,85,86)/t70?,71-,72+,73+/m0/s1. The molecule has 0 rings (SSSR count). The summed E-state index contributed by atoms with van der Waals surface area (Å²) in [7, 11) is -9.91. The monoisotopic (exact) mass is 1410 g/mol. The summed E-state index contributed by atoms with van der Waals surface area (Å²) in [4.78, 5) is 72.7. The molecule has 0 spiro atoms. The Hall–Kier alpha value is -1.94. The molecule has 0 bridgehead atoms. The fraction of sp³-hybridized carbons (Fsp3) is 0.948. The number of hydrogen-bond acceptors (Lipinski definition) is 15. The van der Waals surface area contributed by atoms with Gasteiger partial charge in [-0.2, -0.15) is 0 Å². The van der Waals surface area contributed by atoms with E-state index in [1.165, 1.54) is 199 Å². The van der Waals surface area contributed by atoms with E-state index in [2.05, 4.69) is 48.5 Å². The molecule has 0 aliphatic carbocycles. The van der Waals surface area contributed by atoms with E-state index in [1.807, 2.05) is 0 Å². The van der Waals surface area contributed by atoms with Crippen molar-refractivity contribution in [3.63, 3.8) is 0 Å². The van der Waals surface area contributed by atoms with E-state index in [-0.39, 0.29) is 25.7 Å². The quantitative estimate of drug-likeness (QED) is 0.0222. The number of aliphatic hydroxyl groups excluding tert-OH is 1. The summed E-state index contributed by atoms with van der Waals surface area (Å²) in [5.74, 6) is 0.262. The first kappa shape index (κ1) is 94.1. The zero-order chi connectivity index (χ0) is 70.9. The molecule has 0 aromatic rings. The van der Waals surface area contributed by atoms with E-state index in [9.17, 15) is 43.2 Å². The lowest BCUT2D eigenvalue weighted by Crippen LogP contribution is -2.30. The Bertz CT molecular complexity index is 1870. The summed E-state index contributed by atoms with van der Waals surface area (Å²) in [5, 5.41) is 10.6. The first-order valence-corrected chi connectivity index (χ1v) is 42.9. The van der Waals surface area contributed by atoms with Crippen molar-refractivity contribution in [2.75, 3.05) is 39.6 Å². The van der Waals surface area contributed by atoms with Crippen molar-refractivity contribution in [3.8, 4) is 0 Å². The lowest BCUT2D eigenvalue weighted by molar-refractivity contribution is -0.161. The molecular weight excluding hydrogens is 1260 g/mol. The number of rotatable bonds is 75. The minimum Gasteiger partial charge on any atom is -0.462 e. The summed E-state index contributed by atoms with van der Waals surface area (Å²) in [6.07, 6.45) is 54.2. The summed E-state index contributed by atoms with van der Waals surface area (Å²) < 4.78 is 68.5. The second-order valence-corrected chi connectivity index (χ2v) is 31.8. The van der Waals surface area contributed by atoms with Crippen LogP contribution in [0.25, 0.3) is 0 Å². The molecule has 0 aliphatic rings. The topological polar surface area (TPSA) is 237 Å². The van der Waals surface area contributed by atoms with E-state index >= 15 is 0 Å². The van der Waals surface area contributed by atoms with Crippen LogP contribution in [0, 0.1) is 17.8 Å². The first-order chi connectivity index (χ1) is 46.3. The number of carbonyl (C=O) groups is 4. The van der Waals surface area contributed by atoms with Crippen LogP contribution in [0.1, 0.15) is 395 Å². The Morgan fingerprint density at radius 3 is 0.792 bits per heavy atom. The molecule has 0 radical (unpaired) electrons. The van der Waals surface area contributed by atoms with Gasteiger partial charge in [-0.3, -0.25) is 37.3 Å². The number of phosphoric ester groups is 2. The van der Waals surface area contributed by atoms with E-state index in [0.29, 0.717) is 25.7 Å². The maximum absolute atomic E-state index is 13.1. The molecular formula is C77H150O17P2. The van der Waals surface area contributed by atoms with Crippen LogP contribution in [-0.2, 0) is 65.4 Å². The average molecular weight is 1410 g/mol. The third kappa shape index (κ3) is 69.2. The number of unbranched alkanes of at least 4 members (excludes halogenated alkanes) is 42. The van der Waals surface area contributed by atoms with Gasteiger partial charge in [-0.1, -0.05) is 344 Å². The highest BCUT2D eigenvalue weighted by Gasteiger charge is 2.30. The Balaban J connectivity index is 5.17. The van der Waals surface area contributed by atoms with Crippen LogP contribution in [0.15, 0.2) is 0 Å². The van der Waals surface area contributed by atoms with Crippen molar-refractivity contribution < 1.29 is 80.2 Å². The van der Waals surface area contributed by atoms with E-state index in [4.69, 9.17) is 37.0 Å². The largest absolute Gasteiger partial charge is 0.472 e. The lowest BCUT2D eigenvalue weighted by Gasteiger charge is -2.21. The van der Waals surface area contributed by atoms with Gasteiger partial charge < -0.3 is 33.8 Å². The molecule has 6 atom stereocenters. The number of ether oxygens (including phenoxy) is 4. The van der Waals surface area contributed by atoms with Gasteiger partial charge in [-0.05, 0) is 43.4 Å². The number of phosphoric acid groups is 2. The van der Waals surface area contributed by atoms with Crippen molar-refractivity contribution in [2.24, 2.45) is 17.8 Å². The molecule has 0 aliphatic heterocycles. The van der Waals surface area contributed by atoms with Gasteiger partial charge in [0.05, 0.1) is 26.4 Å². The minimum atomic E-state index is -4.96. The highest BCUT2D eigenvalue weighted by atomic mass is 31.2. The summed E-state index contributed by atoms with van der Waals surface area (Å²) in [5.41, 5.74) is 0. The molecule has 0 saturated carbocycles. The van der Waals surface area contributed by atoms with Gasteiger partial charge in [-0.25, -0.2) is 9.13 Å². The molecule has 17 nitrogen and oxygen atoms in total. The number of carbonyl (C=O) groups excluding carboxylic acids is 4.